The van der Waals surface area contributed by atoms with Gasteiger partial charge in [-0.25, -0.2) is 0 Å². The molecular weight excluding hydrogens is 164 g/mol. The van der Waals surface area contributed by atoms with Crippen molar-refractivity contribution < 1.29 is 9.84 Å². The van der Waals surface area contributed by atoms with E-state index in [0.717, 1.165) is 16.9 Å². The molecule has 0 saturated heterocycles. The molecule has 0 aliphatic rings. The van der Waals surface area contributed by atoms with Gasteiger partial charge in [0.25, 0.3) is 0 Å². The van der Waals surface area contributed by atoms with Crippen molar-refractivity contribution in [2.45, 2.75) is 13.0 Å². The molecule has 0 saturated carbocycles. The van der Waals surface area contributed by atoms with Crippen molar-refractivity contribution in [2.75, 3.05) is 7.11 Å². The van der Waals surface area contributed by atoms with E-state index in [1.165, 1.54) is 6.08 Å². The fourth-order valence-electron chi connectivity index (χ4n) is 1.30. The lowest BCUT2D eigenvalue weighted by atomic mass is 10.0. The fourth-order valence-corrected chi connectivity index (χ4v) is 1.30. The number of benzene rings is 1. The molecule has 1 atom stereocenters. The van der Waals surface area contributed by atoms with Gasteiger partial charge in [-0.1, -0.05) is 18.2 Å². The molecule has 70 valence electrons. The van der Waals surface area contributed by atoms with Crippen LogP contribution in [0.1, 0.15) is 17.2 Å². The Kier molecular flexibility index (Phi) is 3.09. The third kappa shape index (κ3) is 1.90. The zero-order chi connectivity index (χ0) is 9.84. The molecule has 1 N–H and O–H groups in total. The third-order valence-corrected chi connectivity index (χ3v) is 2.09. The van der Waals surface area contributed by atoms with Gasteiger partial charge in [0, 0.05) is 0 Å². The molecule has 1 aromatic rings. The van der Waals surface area contributed by atoms with Crippen LogP contribution < -0.4 is 4.74 Å². The first-order valence-electron chi connectivity index (χ1n) is 4.14. The molecule has 1 aromatic carbocycles. The molecule has 1 rings (SSSR count). The predicted octanol–water partition coefficient (Wildman–Crippen LogP) is 2.22. The summed E-state index contributed by atoms with van der Waals surface area (Å²) in [6.07, 6.45) is 0.886. The Hall–Kier alpha value is -1.28. The zero-order valence-corrected chi connectivity index (χ0v) is 7.95. The molecule has 0 spiro atoms. The zero-order valence-electron chi connectivity index (χ0n) is 7.95. The van der Waals surface area contributed by atoms with E-state index in [-0.39, 0.29) is 0 Å². The Bertz CT molecular complexity index is 305. The van der Waals surface area contributed by atoms with Crippen LogP contribution >= 0.6 is 0 Å². The molecule has 0 aliphatic carbocycles. The molecule has 1 unspecified atom stereocenters. The number of ether oxygens (including phenoxy) is 1. The van der Waals surface area contributed by atoms with Gasteiger partial charge in [0.05, 0.1) is 13.2 Å². The topological polar surface area (TPSA) is 29.5 Å². The van der Waals surface area contributed by atoms with Gasteiger partial charge in [0.15, 0.2) is 0 Å². The van der Waals surface area contributed by atoms with E-state index in [0.29, 0.717) is 0 Å². The molecule has 0 aromatic heterocycles. The lowest BCUT2D eigenvalue weighted by molar-refractivity contribution is 0.227. The van der Waals surface area contributed by atoms with Crippen LogP contribution in [0.4, 0.5) is 0 Å². The number of aliphatic hydroxyl groups excluding tert-OH is 1. The maximum atomic E-state index is 9.56. The minimum atomic E-state index is -0.616. The highest BCUT2D eigenvalue weighted by Crippen LogP contribution is 2.25. The molecule has 0 bridgehead atoms. The van der Waals surface area contributed by atoms with Crippen molar-refractivity contribution >= 4 is 0 Å². The van der Waals surface area contributed by atoms with Crippen LogP contribution in [0.15, 0.2) is 30.9 Å². The second-order valence-corrected chi connectivity index (χ2v) is 2.86. The van der Waals surface area contributed by atoms with Crippen LogP contribution in [0.5, 0.6) is 5.75 Å². The van der Waals surface area contributed by atoms with E-state index in [9.17, 15) is 5.11 Å². The Morgan fingerprint density at radius 3 is 2.77 bits per heavy atom. The van der Waals surface area contributed by atoms with Crippen LogP contribution in [0.3, 0.4) is 0 Å². The van der Waals surface area contributed by atoms with Crippen molar-refractivity contribution in [3.05, 3.63) is 42.0 Å². The van der Waals surface area contributed by atoms with Crippen molar-refractivity contribution in [1.29, 1.82) is 0 Å². The van der Waals surface area contributed by atoms with E-state index in [4.69, 9.17) is 4.74 Å². The van der Waals surface area contributed by atoms with Gasteiger partial charge in [-0.15, -0.1) is 6.58 Å². The maximum Gasteiger partial charge on any atom is 0.122 e. The summed E-state index contributed by atoms with van der Waals surface area (Å²) in [6, 6.07) is 5.59. The van der Waals surface area contributed by atoms with E-state index in [1.807, 2.05) is 25.1 Å². The number of hydrogen-bond acceptors (Lipinski definition) is 2. The highest BCUT2D eigenvalue weighted by molar-refractivity contribution is 5.41. The summed E-state index contributed by atoms with van der Waals surface area (Å²) < 4.78 is 5.13. The highest BCUT2D eigenvalue weighted by atomic mass is 16.5. The first-order valence-corrected chi connectivity index (χ1v) is 4.14. The average molecular weight is 178 g/mol. The molecule has 2 nitrogen and oxygen atoms in total. The van der Waals surface area contributed by atoms with Gasteiger partial charge >= 0.3 is 0 Å². The first kappa shape index (κ1) is 9.81. The van der Waals surface area contributed by atoms with Gasteiger partial charge in [-0.2, -0.15) is 0 Å². The summed E-state index contributed by atoms with van der Waals surface area (Å²) in [6.45, 7) is 5.46. The molecule has 2 heteroatoms. The summed E-state index contributed by atoms with van der Waals surface area (Å²) in [5.74, 6) is 0.790. The van der Waals surface area contributed by atoms with Crippen LogP contribution in [0, 0.1) is 6.92 Å². The summed E-state index contributed by atoms with van der Waals surface area (Å²) >= 11 is 0. The van der Waals surface area contributed by atoms with Crippen molar-refractivity contribution in [3.63, 3.8) is 0 Å². The molecule has 0 fully saturated rings. The number of hydrogen-bond donors (Lipinski definition) is 1. The Balaban J connectivity index is 3.14. The van der Waals surface area contributed by atoms with Gasteiger partial charge in [0.2, 0.25) is 0 Å². The van der Waals surface area contributed by atoms with Crippen molar-refractivity contribution in [1.82, 2.24) is 0 Å². The van der Waals surface area contributed by atoms with Crippen LogP contribution in [0.25, 0.3) is 0 Å². The average Bonchev–Trinajstić information content (AvgIpc) is 2.17. The number of rotatable bonds is 3. The molecule has 0 amide bonds. The van der Waals surface area contributed by atoms with E-state index < -0.39 is 6.10 Å². The molecule has 0 aliphatic heterocycles. The number of aliphatic hydroxyl groups is 1. The molecule has 13 heavy (non-hydrogen) atoms. The van der Waals surface area contributed by atoms with Crippen LogP contribution in [0.2, 0.25) is 0 Å². The fraction of sp³-hybridized carbons (Fsp3) is 0.273. The van der Waals surface area contributed by atoms with E-state index >= 15 is 0 Å². The SMILES string of the molecule is C=CC(O)c1cccc(OC)c1C. The van der Waals surface area contributed by atoms with Gasteiger partial charge in [-0.3, -0.25) is 0 Å². The quantitative estimate of drug-likeness (QED) is 0.719. The van der Waals surface area contributed by atoms with Crippen molar-refractivity contribution in [3.8, 4) is 5.75 Å². The minimum Gasteiger partial charge on any atom is -0.496 e. The standard InChI is InChI=1S/C11H14O2/c1-4-10(12)9-6-5-7-11(13-3)8(9)2/h4-7,10,12H,1H2,2-3H3. The Morgan fingerprint density at radius 1 is 1.54 bits per heavy atom. The van der Waals surface area contributed by atoms with Gasteiger partial charge in [0.1, 0.15) is 5.75 Å². The minimum absolute atomic E-state index is 0.616. The second-order valence-electron chi connectivity index (χ2n) is 2.86. The normalized spacial score (nSPS) is 12.2. The lowest BCUT2D eigenvalue weighted by Crippen LogP contribution is -1.98. The number of methoxy groups -OCH3 is 1. The summed E-state index contributed by atoms with van der Waals surface area (Å²) in [5, 5.41) is 9.56. The van der Waals surface area contributed by atoms with E-state index in [2.05, 4.69) is 6.58 Å². The van der Waals surface area contributed by atoms with Gasteiger partial charge in [-0.05, 0) is 24.1 Å². The lowest BCUT2D eigenvalue weighted by Gasteiger charge is -2.12. The predicted molar refractivity (Wildman–Crippen MR) is 52.9 cm³/mol. The van der Waals surface area contributed by atoms with E-state index in [1.54, 1.807) is 7.11 Å². The molecule has 0 heterocycles. The van der Waals surface area contributed by atoms with Crippen LogP contribution in [-0.4, -0.2) is 12.2 Å². The Labute approximate surface area is 78.5 Å². The third-order valence-electron chi connectivity index (χ3n) is 2.09. The largest absolute Gasteiger partial charge is 0.496 e. The molecule has 0 radical (unpaired) electrons. The Morgan fingerprint density at radius 2 is 2.23 bits per heavy atom. The summed E-state index contributed by atoms with van der Waals surface area (Å²) in [4.78, 5) is 0. The summed E-state index contributed by atoms with van der Waals surface area (Å²) in [5.41, 5.74) is 1.80. The smallest absolute Gasteiger partial charge is 0.122 e. The highest BCUT2D eigenvalue weighted by Gasteiger charge is 2.08. The summed E-state index contributed by atoms with van der Waals surface area (Å²) in [7, 11) is 1.62. The monoisotopic (exact) mass is 178 g/mol. The maximum absolute atomic E-state index is 9.56. The second kappa shape index (κ2) is 4.10. The van der Waals surface area contributed by atoms with Crippen LogP contribution in [-0.2, 0) is 0 Å². The van der Waals surface area contributed by atoms with Gasteiger partial charge < -0.3 is 9.84 Å². The van der Waals surface area contributed by atoms with Crippen molar-refractivity contribution in [2.24, 2.45) is 0 Å². The molecular formula is C11H14O2. The first-order chi connectivity index (χ1) is 6.20.